The predicted octanol–water partition coefficient (Wildman–Crippen LogP) is -0.217. The Morgan fingerprint density at radius 1 is 1.22 bits per heavy atom. The lowest BCUT2D eigenvalue weighted by atomic mass is 10.0. The number of carbonyl (C=O) groups excluding carboxylic acids is 4. The van der Waals surface area contributed by atoms with E-state index in [0.29, 0.717) is 25.8 Å². The van der Waals surface area contributed by atoms with E-state index in [0.717, 1.165) is 0 Å². The lowest BCUT2D eigenvalue weighted by Gasteiger charge is -2.29. The van der Waals surface area contributed by atoms with Crippen molar-refractivity contribution in [1.29, 1.82) is 0 Å². The van der Waals surface area contributed by atoms with Gasteiger partial charge in [-0.2, -0.15) is 0 Å². The number of amides is 3. The maximum absolute atomic E-state index is 12.7. The van der Waals surface area contributed by atoms with Gasteiger partial charge >= 0.3 is 6.09 Å². The fourth-order valence-electron chi connectivity index (χ4n) is 2.83. The van der Waals surface area contributed by atoms with Gasteiger partial charge in [-0.1, -0.05) is 13.8 Å². The maximum Gasteiger partial charge on any atom is 0.410 e. The number of hydrogen-bond acceptors (Lipinski definition) is 6. The smallest absolute Gasteiger partial charge is 0.410 e. The molecule has 0 bridgehead atoms. The largest absolute Gasteiger partial charge is 0.548 e. The summed E-state index contributed by atoms with van der Waals surface area (Å²) in [5.41, 5.74) is -0.675. The first kappa shape index (κ1) is 22.7. The lowest BCUT2D eigenvalue weighted by molar-refractivity contribution is -0.304. The molecule has 1 saturated heterocycles. The highest BCUT2D eigenvalue weighted by molar-refractivity contribution is 5.92. The Morgan fingerprint density at radius 3 is 2.37 bits per heavy atom. The molecule has 154 valence electrons. The van der Waals surface area contributed by atoms with Gasteiger partial charge in [-0.3, -0.25) is 14.5 Å². The molecule has 9 heteroatoms. The van der Waals surface area contributed by atoms with E-state index in [9.17, 15) is 24.3 Å². The number of carboxylic acids is 1. The molecule has 1 fully saturated rings. The van der Waals surface area contributed by atoms with Crippen LogP contribution in [0.3, 0.4) is 0 Å². The summed E-state index contributed by atoms with van der Waals surface area (Å²) in [6, 6.07) is -1.61. The first-order chi connectivity index (χ1) is 12.4. The number of rotatable bonds is 7. The number of ether oxygens (including phenoxy) is 1. The molecule has 9 nitrogen and oxygen atoms in total. The van der Waals surface area contributed by atoms with Crippen LogP contribution in [0.15, 0.2) is 0 Å². The Hall–Kier alpha value is -2.32. The molecule has 0 spiro atoms. The van der Waals surface area contributed by atoms with E-state index in [1.54, 1.807) is 20.8 Å². The second-order valence-electron chi connectivity index (χ2n) is 8.11. The molecule has 1 heterocycles. The van der Waals surface area contributed by atoms with Crippen molar-refractivity contribution in [3.63, 3.8) is 0 Å². The minimum atomic E-state index is -1.41. The minimum Gasteiger partial charge on any atom is -0.548 e. The average molecular weight is 384 g/mol. The third-order valence-corrected chi connectivity index (χ3v) is 3.93. The number of aliphatic carboxylic acids is 1. The molecule has 0 radical (unpaired) electrons. The SMILES string of the molecule is CC(C)C[C@H](NC(=O)[C@H]1CCCN1C(=O)OC(C)(C)C)C(=O)NCC(=O)[O-]. The summed E-state index contributed by atoms with van der Waals surface area (Å²) in [6.45, 7) is 8.78. The van der Waals surface area contributed by atoms with Crippen LogP contribution in [0.1, 0.15) is 53.9 Å². The molecule has 1 aliphatic rings. The highest BCUT2D eigenvalue weighted by atomic mass is 16.6. The number of carbonyl (C=O) groups is 4. The summed E-state index contributed by atoms with van der Waals surface area (Å²) in [5.74, 6) is -2.37. The highest BCUT2D eigenvalue weighted by Crippen LogP contribution is 2.21. The molecule has 2 N–H and O–H groups in total. The quantitative estimate of drug-likeness (QED) is 0.625. The van der Waals surface area contributed by atoms with Crippen molar-refractivity contribution in [3.8, 4) is 0 Å². The van der Waals surface area contributed by atoms with Crippen molar-refractivity contribution in [2.45, 2.75) is 71.6 Å². The van der Waals surface area contributed by atoms with E-state index in [-0.39, 0.29) is 5.92 Å². The summed E-state index contributed by atoms with van der Waals surface area (Å²) < 4.78 is 5.34. The minimum absolute atomic E-state index is 0.0922. The van der Waals surface area contributed by atoms with Crippen molar-refractivity contribution in [1.82, 2.24) is 15.5 Å². The van der Waals surface area contributed by atoms with Gasteiger partial charge in [0.05, 0.1) is 12.5 Å². The summed E-state index contributed by atoms with van der Waals surface area (Å²) >= 11 is 0. The zero-order valence-electron chi connectivity index (χ0n) is 16.7. The van der Waals surface area contributed by atoms with Crippen LogP contribution in [0.25, 0.3) is 0 Å². The Morgan fingerprint density at radius 2 is 1.85 bits per heavy atom. The summed E-state index contributed by atoms with van der Waals surface area (Å²) in [5, 5.41) is 15.4. The molecular formula is C18H30N3O6-. The van der Waals surface area contributed by atoms with E-state index >= 15 is 0 Å². The molecule has 0 aliphatic carbocycles. The third kappa shape index (κ3) is 7.84. The van der Waals surface area contributed by atoms with Crippen molar-refractivity contribution in [2.24, 2.45) is 5.92 Å². The van der Waals surface area contributed by atoms with Crippen LogP contribution in [-0.4, -0.2) is 59.6 Å². The predicted molar refractivity (Wildman–Crippen MR) is 95.4 cm³/mol. The fourth-order valence-corrected chi connectivity index (χ4v) is 2.83. The molecule has 0 aromatic carbocycles. The Labute approximate surface area is 159 Å². The monoisotopic (exact) mass is 384 g/mol. The highest BCUT2D eigenvalue weighted by Gasteiger charge is 2.38. The van der Waals surface area contributed by atoms with Gasteiger partial charge in [-0.25, -0.2) is 4.79 Å². The standard InChI is InChI=1S/C18H31N3O6/c1-11(2)9-12(15(24)19-10-14(22)23)20-16(25)13-7-6-8-21(13)17(26)27-18(3,4)5/h11-13H,6-10H2,1-5H3,(H,19,24)(H,20,25)(H,22,23)/p-1/t12-,13+/m0/s1. The van der Waals surface area contributed by atoms with Crippen LogP contribution < -0.4 is 15.7 Å². The Balaban J connectivity index is 2.79. The molecule has 0 aromatic heterocycles. The fraction of sp³-hybridized carbons (Fsp3) is 0.778. The van der Waals surface area contributed by atoms with Gasteiger partial charge < -0.3 is 25.3 Å². The third-order valence-electron chi connectivity index (χ3n) is 3.93. The molecule has 0 unspecified atom stereocenters. The molecule has 27 heavy (non-hydrogen) atoms. The van der Waals surface area contributed by atoms with E-state index in [1.165, 1.54) is 4.90 Å². The van der Waals surface area contributed by atoms with Gasteiger partial charge in [0.15, 0.2) is 0 Å². The first-order valence-corrected chi connectivity index (χ1v) is 9.18. The van der Waals surface area contributed by atoms with E-state index in [4.69, 9.17) is 4.74 Å². The maximum atomic E-state index is 12.7. The summed E-state index contributed by atoms with van der Waals surface area (Å²) in [4.78, 5) is 49.1. The lowest BCUT2D eigenvalue weighted by Crippen LogP contribution is -2.54. The first-order valence-electron chi connectivity index (χ1n) is 9.18. The van der Waals surface area contributed by atoms with Gasteiger partial charge in [0.2, 0.25) is 11.8 Å². The Bertz CT molecular complexity index is 570. The van der Waals surface area contributed by atoms with Crippen molar-refractivity contribution >= 4 is 23.9 Å². The van der Waals surface area contributed by atoms with Crippen LogP contribution in [0, 0.1) is 5.92 Å². The van der Waals surface area contributed by atoms with E-state index in [2.05, 4.69) is 10.6 Å². The number of nitrogens with one attached hydrogen (secondary N) is 2. The second kappa shape index (κ2) is 9.57. The van der Waals surface area contributed by atoms with Crippen molar-refractivity contribution in [2.75, 3.05) is 13.1 Å². The molecular weight excluding hydrogens is 354 g/mol. The topological polar surface area (TPSA) is 128 Å². The van der Waals surface area contributed by atoms with Gasteiger partial charge in [0.1, 0.15) is 17.7 Å². The molecule has 1 aliphatic heterocycles. The molecule has 3 amide bonds. The average Bonchev–Trinajstić information content (AvgIpc) is 2.99. The number of nitrogens with zero attached hydrogens (tertiary/aromatic N) is 1. The molecule has 1 rings (SSSR count). The molecule has 0 aromatic rings. The van der Waals surface area contributed by atoms with Gasteiger partial charge in [0, 0.05) is 6.54 Å². The van der Waals surface area contributed by atoms with E-state index in [1.807, 2.05) is 13.8 Å². The second-order valence-corrected chi connectivity index (χ2v) is 8.11. The van der Waals surface area contributed by atoms with Gasteiger partial charge in [-0.15, -0.1) is 0 Å². The number of carboxylic acid groups (broad SMARTS) is 1. The zero-order valence-corrected chi connectivity index (χ0v) is 16.7. The van der Waals surface area contributed by atoms with Crippen LogP contribution >= 0.6 is 0 Å². The molecule has 0 saturated carbocycles. The van der Waals surface area contributed by atoms with Gasteiger partial charge in [-0.05, 0) is 46.0 Å². The van der Waals surface area contributed by atoms with Crippen LogP contribution in [0.2, 0.25) is 0 Å². The number of hydrogen-bond donors (Lipinski definition) is 2. The Kier molecular flexibility index (Phi) is 8.05. The van der Waals surface area contributed by atoms with Gasteiger partial charge in [0.25, 0.3) is 0 Å². The number of likely N-dealkylation sites (tertiary alicyclic amines) is 1. The molecule has 2 atom stereocenters. The normalized spacial score (nSPS) is 18.1. The van der Waals surface area contributed by atoms with E-state index < -0.39 is 48.1 Å². The van der Waals surface area contributed by atoms with Crippen LogP contribution in [0.4, 0.5) is 4.79 Å². The van der Waals surface area contributed by atoms with Crippen molar-refractivity contribution < 1.29 is 29.0 Å². The summed E-state index contributed by atoms with van der Waals surface area (Å²) in [6.07, 6.45) is 0.898. The zero-order chi connectivity index (χ0) is 20.8. The van der Waals surface area contributed by atoms with Crippen LogP contribution in [0.5, 0.6) is 0 Å². The summed E-state index contributed by atoms with van der Waals surface area (Å²) in [7, 11) is 0. The van der Waals surface area contributed by atoms with Crippen molar-refractivity contribution in [3.05, 3.63) is 0 Å². The van der Waals surface area contributed by atoms with Crippen LogP contribution in [-0.2, 0) is 19.1 Å².